The molecule has 0 amide bonds. The van der Waals surface area contributed by atoms with Gasteiger partial charge < -0.3 is 9.13 Å². The van der Waals surface area contributed by atoms with E-state index in [1.54, 1.807) is 0 Å². The fourth-order valence-electron chi connectivity index (χ4n) is 9.01. The molecule has 3 aromatic heterocycles. The molecule has 0 radical (unpaired) electrons. The van der Waals surface area contributed by atoms with Crippen molar-refractivity contribution in [3.63, 3.8) is 0 Å². The Kier molecular flexibility index (Phi) is 6.54. The third kappa shape index (κ3) is 4.54. The fourth-order valence-corrected chi connectivity index (χ4v) is 10.2. The minimum absolute atomic E-state index is 1.16. The summed E-state index contributed by atoms with van der Waals surface area (Å²) in [6.45, 7) is 0. The first-order valence-electron chi connectivity index (χ1n) is 18.8. The first kappa shape index (κ1) is 30.5. The van der Waals surface area contributed by atoms with Crippen molar-refractivity contribution in [3.8, 4) is 33.6 Å². The Balaban J connectivity index is 1.02. The maximum absolute atomic E-state index is 2.44. The van der Waals surface area contributed by atoms with Crippen molar-refractivity contribution in [1.29, 1.82) is 0 Å². The van der Waals surface area contributed by atoms with Gasteiger partial charge in [0.1, 0.15) is 0 Å². The van der Waals surface area contributed by atoms with Gasteiger partial charge in [-0.15, -0.1) is 11.3 Å². The molecule has 0 unspecified atom stereocenters. The van der Waals surface area contributed by atoms with Crippen LogP contribution < -0.4 is 0 Å². The summed E-state index contributed by atoms with van der Waals surface area (Å²) < 4.78 is 7.55. The number of thiophene rings is 1. The summed E-state index contributed by atoms with van der Waals surface area (Å²) in [5.41, 5.74) is 12.1. The highest BCUT2D eigenvalue weighted by Crippen LogP contribution is 2.44. The second-order valence-corrected chi connectivity index (χ2v) is 15.5. The van der Waals surface area contributed by atoms with E-state index < -0.39 is 0 Å². The Labute approximate surface area is 321 Å². The van der Waals surface area contributed by atoms with Gasteiger partial charge in [0.25, 0.3) is 0 Å². The van der Waals surface area contributed by atoms with Crippen molar-refractivity contribution < 1.29 is 0 Å². The zero-order valence-electron chi connectivity index (χ0n) is 29.8. The molecule has 0 aliphatic heterocycles. The first-order chi connectivity index (χ1) is 27.3. The maximum Gasteiger partial charge on any atom is 0.0548 e. The van der Waals surface area contributed by atoms with Gasteiger partial charge in [0.05, 0.1) is 22.1 Å². The molecule has 9 aromatic carbocycles. The van der Waals surface area contributed by atoms with Gasteiger partial charge in [0.2, 0.25) is 0 Å². The molecule has 0 aliphatic rings. The molecule has 0 N–H and O–H groups in total. The van der Waals surface area contributed by atoms with E-state index in [4.69, 9.17) is 0 Å². The number of hydrogen-bond acceptors (Lipinski definition) is 1. The van der Waals surface area contributed by atoms with Crippen LogP contribution in [0, 0.1) is 0 Å². The minimum Gasteiger partial charge on any atom is -0.309 e. The van der Waals surface area contributed by atoms with Crippen LogP contribution in [-0.4, -0.2) is 9.13 Å². The summed E-state index contributed by atoms with van der Waals surface area (Å²) in [5, 5.41) is 10.3. The zero-order chi connectivity index (χ0) is 36.0. The topological polar surface area (TPSA) is 9.86 Å². The van der Waals surface area contributed by atoms with Crippen LogP contribution in [0.1, 0.15) is 0 Å². The van der Waals surface area contributed by atoms with E-state index in [-0.39, 0.29) is 0 Å². The molecule has 0 saturated heterocycles. The van der Waals surface area contributed by atoms with E-state index >= 15 is 0 Å². The summed E-state index contributed by atoms with van der Waals surface area (Å²) in [6.07, 6.45) is 0. The van der Waals surface area contributed by atoms with Crippen LogP contribution in [0.3, 0.4) is 0 Å². The van der Waals surface area contributed by atoms with E-state index in [1.807, 2.05) is 11.3 Å². The third-order valence-corrected chi connectivity index (χ3v) is 12.7. The molecule has 0 saturated carbocycles. The van der Waals surface area contributed by atoms with Crippen molar-refractivity contribution in [2.45, 2.75) is 0 Å². The average molecular weight is 717 g/mol. The molecule has 3 heteroatoms. The second kappa shape index (κ2) is 11.8. The average Bonchev–Trinajstić information content (AvgIpc) is 3.91. The molecule has 0 atom stereocenters. The predicted octanol–water partition coefficient (Wildman–Crippen LogP) is 14.7. The maximum atomic E-state index is 2.44. The predicted molar refractivity (Wildman–Crippen MR) is 236 cm³/mol. The largest absolute Gasteiger partial charge is 0.309 e. The van der Waals surface area contributed by atoms with Crippen LogP contribution in [0.2, 0.25) is 0 Å². The third-order valence-electron chi connectivity index (χ3n) is 11.5. The second-order valence-electron chi connectivity index (χ2n) is 14.5. The van der Waals surface area contributed by atoms with E-state index in [2.05, 4.69) is 203 Å². The SMILES string of the molecule is c1ccc2cc(-c3ccc(-n4c5ccccc5c5c6c7ccccc7n(-c7ccc(-c8cccc9c8sc8ccccc89)cc7)c6ccc54)cc3)ccc2c1. The zero-order valence-corrected chi connectivity index (χ0v) is 30.6. The number of hydrogen-bond donors (Lipinski definition) is 0. The molecule has 0 bridgehead atoms. The quantitative estimate of drug-likeness (QED) is 0.172. The summed E-state index contributed by atoms with van der Waals surface area (Å²) in [6, 6.07) is 71.3. The lowest BCUT2D eigenvalue weighted by atomic mass is 10.0. The van der Waals surface area contributed by atoms with Crippen LogP contribution >= 0.6 is 11.3 Å². The molecular formula is C52H32N2S. The number of rotatable bonds is 4. The van der Waals surface area contributed by atoms with Gasteiger partial charge in [-0.2, -0.15) is 0 Å². The number of aromatic nitrogens is 2. The Morgan fingerprint density at radius 2 is 0.855 bits per heavy atom. The molecular weight excluding hydrogens is 685 g/mol. The van der Waals surface area contributed by atoms with Crippen molar-refractivity contribution in [3.05, 3.63) is 194 Å². The van der Waals surface area contributed by atoms with Crippen LogP contribution in [-0.2, 0) is 0 Å². The normalized spacial score (nSPS) is 12.0. The molecule has 12 rings (SSSR count). The Morgan fingerprint density at radius 1 is 0.327 bits per heavy atom. The first-order valence-corrected chi connectivity index (χ1v) is 19.7. The molecule has 12 aromatic rings. The molecule has 55 heavy (non-hydrogen) atoms. The fraction of sp³-hybridized carbons (Fsp3) is 0. The monoisotopic (exact) mass is 716 g/mol. The smallest absolute Gasteiger partial charge is 0.0548 e. The standard InChI is InChI=1S/C52H32N2S/c1-2-11-36-32-37(21-20-33(36)10-1)34-22-26-38(27-23-34)53-45-17-6-3-13-43(45)50-47(53)30-31-48-51(50)44-14-4-7-18-46(44)54(48)39-28-24-35(25-29-39)40-15-9-16-42-41-12-5-8-19-49(41)55-52(40)42/h1-32H. The van der Waals surface area contributed by atoms with E-state index in [9.17, 15) is 0 Å². The van der Waals surface area contributed by atoms with Crippen LogP contribution in [0.15, 0.2) is 194 Å². The summed E-state index contributed by atoms with van der Waals surface area (Å²) >= 11 is 1.88. The Hall–Kier alpha value is -6.94. The molecule has 0 aliphatic carbocycles. The molecule has 3 heterocycles. The van der Waals surface area contributed by atoms with Crippen molar-refractivity contribution in [2.75, 3.05) is 0 Å². The molecule has 0 fully saturated rings. The minimum atomic E-state index is 1.16. The Bertz CT molecular complexity index is 3470. The van der Waals surface area contributed by atoms with Crippen LogP contribution in [0.4, 0.5) is 0 Å². The van der Waals surface area contributed by atoms with Gasteiger partial charge in [-0.3, -0.25) is 0 Å². The number of para-hydroxylation sites is 2. The van der Waals surface area contributed by atoms with Gasteiger partial charge in [-0.25, -0.2) is 0 Å². The molecule has 256 valence electrons. The summed E-state index contributed by atoms with van der Waals surface area (Å²) in [4.78, 5) is 0. The van der Waals surface area contributed by atoms with E-state index in [0.717, 1.165) is 11.4 Å². The highest BCUT2D eigenvalue weighted by molar-refractivity contribution is 7.26. The van der Waals surface area contributed by atoms with E-state index in [1.165, 1.54) is 96.8 Å². The number of nitrogens with zero attached hydrogens (tertiary/aromatic N) is 2. The van der Waals surface area contributed by atoms with Gasteiger partial charge in [0, 0.05) is 53.1 Å². The molecule has 2 nitrogen and oxygen atoms in total. The van der Waals surface area contributed by atoms with Crippen LogP contribution in [0.5, 0.6) is 0 Å². The Morgan fingerprint density at radius 3 is 1.53 bits per heavy atom. The summed E-state index contributed by atoms with van der Waals surface area (Å²) in [7, 11) is 0. The van der Waals surface area contributed by atoms with Crippen molar-refractivity contribution >= 4 is 85.9 Å². The van der Waals surface area contributed by atoms with Crippen molar-refractivity contribution in [2.24, 2.45) is 0 Å². The lowest BCUT2D eigenvalue weighted by Crippen LogP contribution is -1.95. The van der Waals surface area contributed by atoms with Crippen molar-refractivity contribution in [1.82, 2.24) is 9.13 Å². The number of fused-ring (bicyclic) bond motifs is 11. The van der Waals surface area contributed by atoms with Gasteiger partial charge in [-0.05, 0) is 93.7 Å². The lowest BCUT2D eigenvalue weighted by molar-refractivity contribution is 1.17. The molecule has 0 spiro atoms. The highest BCUT2D eigenvalue weighted by Gasteiger charge is 2.20. The van der Waals surface area contributed by atoms with Gasteiger partial charge >= 0.3 is 0 Å². The van der Waals surface area contributed by atoms with E-state index in [0.29, 0.717) is 0 Å². The lowest BCUT2D eigenvalue weighted by Gasteiger charge is -2.11. The van der Waals surface area contributed by atoms with Gasteiger partial charge in [0.15, 0.2) is 0 Å². The summed E-state index contributed by atoms with van der Waals surface area (Å²) in [5.74, 6) is 0. The van der Waals surface area contributed by atoms with Gasteiger partial charge in [-0.1, -0.05) is 133 Å². The number of benzene rings is 9. The van der Waals surface area contributed by atoms with Crippen LogP contribution in [0.25, 0.3) is 108 Å². The highest BCUT2D eigenvalue weighted by atomic mass is 32.1.